The molecule has 15 nitrogen and oxygen atoms in total. The Bertz CT molecular complexity index is 2160. The molecule has 1 saturated carbocycles. The van der Waals surface area contributed by atoms with Crippen LogP contribution in [0.15, 0.2) is 48.8 Å². The first-order valence-corrected chi connectivity index (χ1v) is 19.9. The highest BCUT2D eigenvalue weighted by Crippen LogP contribution is 2.55. The predicted octanol–water partition coefficient (Wildman–Crippen LogP) is 4.34. The summed E-state index contributed by atoms with van der Waals surface area (Å²) in [6.45, 7) is 12.7. The van der Waals surface area contributed by atoms with Gasteiger partial charge < -0.3 is 19.7 Å². The Morgan fingerprint density at radius 2 is 1.60 bits per heavy atom. The predicted molar refractivity (Wildman–Crippen MR) is 213 cm³/mol. The number of piperazine rings is 1. The highest BCUT2D eigenvalue weighted by molar-refractivity contribution is 6.31. The topological polar surface area (TPSA) is 178 Å². The van der Waals surface area contributed by atoms with E-state index in [4.69, 9.17) is 21.1 Å². The van der Waals surface area contributed by atoms with Crippen LogP contribution < -0.4 is 19.7 Å². The van der Waals surface area contributed by atoms with Crippen LogP contribution in [0.1, 0.15) is 90.0 Å². The van der Waals surface area contributed by atoms with E-state index in [0.29, 0.717) is 40.2 Å². The number of halogens is 1. The number of nitrogens with zero attached hydrogens (tertiary/aromatic N) is 7. The van der Waals surface area contributed by atoms with Crippen LogP contribution >= 0.6 is 11.6 Å². The number of carbonyl (C=O) groups excluding carboxylic acids is 5. The van der Waals surface area contributed by atoms with Gasteiger partial charge in [0, 0.05) is 75.0 Å². The zero-order valence-electron chi connectivity index (χ0n) is 33.3. The number of nitriles is 1. The Morgan fingerprint density at radius 3 is 2.28 bits per heavy atom. The third kappa shape index (κ3) is 7.58. The summed E-state index contributed by atoms with van der Waals surface area (Å²) in [4.78, 5) is 79.7. The van der Waals surface area contributed by atoms with Crippen LogP contribution in [-0.4, -0.2) is 119 Å². The number of hydrogen-bond acceptors (Lipinski definition) is 12. The molecule has 2 aromatic carbocycles. The number of ether oxygens (including phenoxy) is 2. The number of carbonyl (C=O) groups is 5. The third-order valence-corrected chi connectivity index (χ3v) is 12.3. The smallest absolute Gasteiger partial charge is 0.262 e. The quantitative estimate of drug-likeness (QED) is 0.203. The first kappa shape index (κ1) is 40.6. The van der Waals surface area contributed by atoms with Gasteiger partial charge in [-0.25, -0.2) is 9.97 Å². The van der Waals surface area contributed by atoms with Crippen LogP contribution in [0.4, 0.5) is 5.95 Å². The molecule has 1 aromatic heterocycles. The highest BCUT2D eigenvalue weighted by atomic mass is 35.5. The number of imide groups is 2. The minimum Gasteiger partial charge on any atom is -0.494 e. The molecule has 0 bridgehead atoms. The molecule has 5 amide bonds. The molecule has 3 aliphatic heterocycles. The summed E-state index contributed by atoms with van der Waals surface area (Å²) in [6.07, 6.45) is 4.82. The summed E-state index contributed by atoms with van der Waals surface area (Å²) in [5, 5.41) is 12.7. The number of amides is 5. The fourth-order valence-electron chi connectivity index (χ4n) is 8.96. The van der Waals surface area contributed by atoms with Crippen molar-refractivity contribution in [3.8, 4) is 17.6 Å². The Hall–Kier alpha value is -5.59. The number of rotatable bonds is 12. The minimum absolute atomic E-state index is 0.0905. The van der Waals surface area contributed by atoms with Crippen molar-refractivity contribution in [1.29, 1.82) is 5.26 Å². The van der Waals surface area contributed by atoms with Crippen molar-refractivity contribution in [2.75, 3.05) is 51.3 Å². The van der Waals surface area contributed by atoms with Gasteiger partial charge in [0.05, 0.1) is 33.9 Å². The molecule has 3 fully saturated rings. The number of hydrogen-bond donors (Lipinski definition) is 1. The molecule has 304 valence electrons. The number of likely N-dealkylation sites (tertiary alicyclic amines) is 1. The zero-order chi connectivity index (χ0) is 41.5. The minimum atomic E-state index is -0.994. The monoisotopic (exact) mass is 810 g/mol. The number of anilines is 1. The van der Waals surface area contributed by atoms with Crippen LogP contribution in [0.3, 0.4) is 0 Å². The molecule has 7 rings (SSSR count). The van der Waals surface area contributed by atoms with E-state index in [0.717, 1.165) is 55.4 Å². The van der Waals surface area contributed by atoms with E-state index >= 15 is 0 Å². The van der Waals surface area contributed by atoms with Crippen LogP contribution in [0.25, 0.3) is 0 Å². The van der Waals surface area contributed by atoms with Gasteiger partial charge in [0.15, 0.2) is 0 Å². The normalized spacial score (nSPS) is 22.6. The lowest BCUT2D eigenvalue weighted by molar-refractivity contribution is -0.164. The number of nitrogens with one attached hydrogen (secondary N) is 1. The maximum absolute atomic E-state index is 13.4. The molecule has 4 aliphatic rings. The van der Waals surface area contributed by atoms with E-state index in [1.807, 2.05) is 0 Å². The molecule has 3 aromatic rings. The van der Waals surface area contributed by atoms with Gasteiger partial charge >= 0.3 is 0 Å². The maximum atomic E-state index is 13.4. The summed E-state index contributed by atoms with van der Waals surface area (Å²) in [5.41, 5.74) is 0.388. The standard InChI is InChI=1S/C42H47ClN8O7/c1-41(2)38(42(3,4)39(41)58-28-9-8-25(22-44)31(43)21-28)47-34(53)26-23-45-40(46-24-26)50-17-15-49(16-18-50)14-6-7-19-57-27-10-11-29-30(20-27)36(55)51(35(29)54)32-12-13-33(52)48(5)37(32)56/h8-11,20-21,23-24,32,38-39H,6-7,12-19H2,1-5H3,(H,47,53)/t32?,38-,39-. The van der Waals surface area contributed by atoms with Gasteiger partial charge in [0.1, 0.15) is 29.7 Å². The number of likely N-dealkylation sites (N-methyl/N-ethyl adjacent to an activating group) is 1. The van der Waals surface area contributed by atoms with Gasteiger partial charge in [-0.1, -0.05) is 39.3 Å². The first-order valence-electron chi connectivity index (χ1n) is 19.5. The lowest BCUT2D eigenvalue weighted by atomic mass is 9.49. The summed E-state index contributed by atoms with van der Waals surface area (Å²) < 4.78 is 12.3. The summed E-state index contributed by atoms with van der Waals surface area (Å²) >= 11 is 6.23. The van der Waals surface area contributed by atoms with Crippen molar-refractivity contribution < 1.29 is 33.4 Å². The average molecular weight is 811 g/mol. The second-order valence-corrected chi connectivity index (χ2v) is 16.9. The third-order valence-electron chi connectivity index (χ3n) is 11.9. The van der Waals surface area contributed by atoms with Crippen LogP contribution in [0.2, 0.25) is 5.02 Å². The number of unbranched alkanes of at least 4 members (excludes halogenated alkanes) is 1. The number of fused-ring (bicyclic) bond motifs is 1. The number of benzene rings is 2. The molecule has 2 saturated heterocycles. The van der Waals surface area contributed by atoms with Gasteiger partial charge in [0.25, 0.3) is 23.6 Å². The second-order valence-electron chi connectivity index (χ2n) is 16.5. The van der Waals surface area contributed by atoms with E-state index in [-0.39, 0.29) is 47.9 Å². The number of aromatic nitrogens is 2. The van der Waals surface area contributed by atoms with Gasteiger partial charge in [-0.2, -0.15) is 5.26 Å². The van der Waals surface area contributed by atoms with E-state index < -0.39 is 34.6 Å². The fourth-order valence-corrected chi connectivity index (χ4v) is 9.17. The SMILES string of the molecule is CN1C(=O)CCC(N2C(=O)c3ccc(OCCCCN4CCN(c5ncc(C(=O)N[C@H]6C(C)(C)[C@H](Oc7ccc(C#N)c(Cl)c7)C6(C)C)cn5)CC4)cc3C2=O)C1=O. The van der Waals surface area contributed by atoms with Crippen molar-refractivity contribution in [1.82, 2.24) is 30.0 Å². The largest absolute Gasteiger partial charge is 0.494 e. The summed E-state index contributed by atoms with van der Waals surface area (Å²) in [6, 6.07) is 10.7. The molecule has 58 heavy (non-hydrogen) atoms. The molecule has 1 aliphatic carbocycles. The highest BCUT2D eigenvalue weighted by Gasteiger charge is 2.64. The Kier molecular flexibility index (Phi) is 11.2. The molecule has 4 heterocycles. The van der Waals surface area contributed by atoms with E-state index in [9.17, 15) is 29.2 Å². The lowest BCUT2D eigenvalue weighted by Crippen LogP contribution is -2.74. The summed E-state index contributed by atoms with van der Waals surface area (Å²) in [7, 11) is 1.36. The van der Waals surface area contributed by atoms with Crippen molar-refractivity contribution in [2.45, 2.75) is 71.6 Å². The molecular weight excluding hydrogens is 764 g/mol. The van der Waals surface area contributed by atoms with Gasteiger partial charge in [0.2, 0.25) is 11.9 Å². The zero-order valence-corrected chi connectivity index (χ0v) is 34.0. The fraction of sp³-hybridized carbons (Fsp3) is 0.476. The van der Waals surface area contributed by atoms with Crippen molar-refractivity contribution in [2.24, 2.45) is 10.8 Å². The van der Waals surface area contributed by atoms with Crippen LogP contribution in [0.5, 0.6) is 11.5 Å². The van der Waals surface area contributed by atoms with E-state index in [1.165, 1.54) is 7.05 Å². The second kappa shape index (κ2) is 16.0. The van der Waals surface area contributed by atoms with Crippen molar-refractivity contribution in [3.63, 3.8) is 0 Å². The Morgan fingerprint density at radius 1 is 0.931 bits per heavy atom. The Labute approximate surface area is 342 Å². The van der Waals surface area contributed by atoms with Crippen LogP contribution in [-0.2, 0) is 9.59 Å². The summed E-state index contributed by atoms with van der Waals surface area (Å²) in [5.74, 6) is -0.596. The molecule has 1 unspecified atom stereocenters. The molecule has 0 radical (unpaired) electrons. The molecule has 1 N–H and O–H groups in total. The van der Waals surface area contributed by atoms with E-state index in [1.54, 1.807) is 48.8 Å². The van der Waals surface area contributed by atoms with Crippen molar-refractivity contribution in [3.05, 3.63) is 76.1 Å². The molecule has 16 heteroatoms. The first-order chi connectivity index (χ1) is 27.6. The molecular formula is C42H47ClN8O7. The van der Waals surface area contributed by atoms with Crippen molar-refractivity contribution >= 4 is 47.1 Å². The van der Waals surface area contributed by atoms with E-state index in [2.05, 4.69) is 58.8 Å². The van der Waals surface area contributed by atoms with Crippen LogP contribution in [0, 0.1) is 22.2 Å². The average Bonchev–Trinajstić information content (AvgIpc) is 3.45. The number of piperidine rings is 1. The van der Waals surface area contributed by atoms with Gasteiger partial charge in [-0.15, -0.1) is 0 Å². The molecule has 1 atom stereocenters. The molecule has 0 spiro atoms. The maximum Gasteiger partial charge on any atom is 0.262 e. The van der Waals surface area contributed by atoms with Gasteiger partial charge in [-0.05, 0) is 56.1 Å². The van der Waals surface area contributed by atoms with Gasteiger partial charge in [-0.3, -0.25) is 38.7 Å². The lowest BCUT2D eigenvalue weighted by Gasteiger charge is -2.63. The Balaban J connectivity index is 0.828.